The number of rotatable bonds is 10. The number of ether oxygens (including phenoxy) is 3. The number of aryl methyl sites for hydroxylation is 2. The van der Waals surface area contributed by atoms with Gasteiger partial charge in [-0.25, -0.2) is 9.50 Å². The van der Waals surface area contributed by atoms with Crippen LogP contribution in [0.5, 0.6) is 11.5 Å². The molecule has 0 aliphatic rings. The van der Waals surface area contributed by atoms with E-state index >= 15 is 0 Å². The Morgan fingerprint density at radius 3 is 2.65 bits per heavy atom. The Labute approximate surface area is 182 Å². The minimum absolute atomic E-state index is 0.0270. The van der Waals surface area contributed by atoms with Crippen molar-refractivity contribution >= 4 is 11.6 Å². The molecule has 8 nitrogen and oxygen atoms in total. The van der Waals surface area contributed by atoms with Gasteiger partial charge in [0.2, 0.25) is 5.91 Å². The molecule has 0 saturated heterocycles. The normalized spacial score (nSPS) is 11.0. The zero-order valence-electron chi connectivity index (χ0n) is 18.8. The molecule has 1 amide bonds. The van der Waals surface area contributed by atoms with Gasteiger partial charge in [-0.05, 0) is 44.4 Å². The number of aromatic nitrogens is 3. The highest BCUT2D eigenvalue weighted by molar-refractivity contribution is 5.76. The van der Waals surface area contributed by atoms with Crippen LogP contribution < -0.4 is 14.8 Å². The van der Waals surface area contributed by atoms with E-state index in [-0.39, 0.29) is 5.91 Å². The lowest BCUT2D eigenvalue weighted by molar-refractivity contribution is -0.121. The van der Waals surface area contributed by atoms with Gasteiger partial charge in [-0.1, -0.05) is 0 Å². The highest BCUT2D eigenvalue weighted by atomic mass is 16.5. The van der Waals surface area contributed by atoms with Crippen LogP contribution in [0.2, 0.25) is 0 Å². The predicted molar refractivity (Wildman–Crippen MR) is 119 cm³/mol. The number of hydrogen-bond donors (Lipinski definition) is 1. The Balaban J connectivity index is 1.83. The Morgan fingerprint density at radius 1 is 1.13 bits per heavy atom. The lowest BCUT2D eigenvalue weighted by Crippen LogP contribution is -2.25. The van der Waals surface area contributed by atoms with Crippen molar-refractivity contribution in [1.82, 2.24) is 19.9 Å². The van der Waals surface area contributed by atoms with E-state index in [0.29, 0.717) is 31.7 Å². The molecule has 0 aliphatic heterocycles. The number of carbonyl (C=O) groups excluding carboxylic acids is 1. The Kier molecular flexibility index (Phi) is 7.46. The van der Waals surface area contributed by atoms with E-state index in [1.54, 1.807) is 21.3 Å². The topological polar surface area (TPSA) is 87.0 Å². The van der Waals surface area contributed by atoms with Crippen LogP contribution in [0.1, 0.15) is 29.8 Å². The summed E-state index contributed by atoms with van der Waals surface area (Å²) in [7, 11) is 4.90. The molecule has 3 rings (SSSR count). The van der Waals surface area contributed by atoms with Crippen molar-refractivity contribution in [3.63, 3.8) is 0 Å². The van der Waals surface area contributed by atoms with E-state index < -0.39 is 0 Å². The van der Waals surface area contributed by atoms with Crippen molar-refractivity contribution in [2.24, 2.45) is 0 Å². The van der Waals surface area contributed by atoms with Gasteiger partial charge in [-0.2, -0.15) is 5.10 Å². The summed E-state index contributed by atoms with van der Waals surface area (Å²) >= 11 is 0. The van der Waals surface area contributed by atoms with Gasteiger partial charge < -0.3 is 19.5 Å². The number of fused-ring (bicyclic) bond motifs is 1. The molecule has 2 heterocycles. The Bertz CT molecular complexity index is 1060. The highest BCUT2D eigenvalue weighted by Gasteiger charge is 2.16. The second-order valence-corrected chi connectivity index (χ2v) is 7.32. The van der Waals surface area contributed by atoms with Crippen molar-refractivity contribution in [2.75, 3.05) is 34.5 Å². The van der Waals surface area contributed by atoms with Gasteiger partial charge in [-0.15, -0.1) is 0 Å². The molecule has 1 N–H and O–H groups in total. The Hall–Kier alpha value is -3.13. The van der Waals surface area contributed by atoms with Crippen LogP contribution in [0.25, 0.3) is 16.9 Å². The van der Waals surface area contributed by atoms with E-state index in [9.17, 15) is 4.79 Å². The van der Waals surface area contributed by atoms with E-state index in [2.05, 4.69) is 5.32 Å². The quantitative estimate of drug-likeness (QED) is 0.501. The molecule has 166 valence electrons. The molecule has 3 aromatic rings. The number of carbonyl (C=O) groups is 1. The number of nitrogens with zero attached hydrogens (tertiary/aromatic N) is 3. The van der Waals surface area contributed by atoms with Crippen molar-refractivity contribution in [3.8, 4) is 22.8 Å². The molecule has 0 bridgehead atoms. The summed E-state index contributed by atoms with van der Waals surface area (Å²) < 4.78 is 17.6. The van der Waals surface area contributed by atoms with Crippen LogP contribution in [0.4, 0.5) is 0 Å². The smallest absolute Gasteiger partial charge is 0.220 e. The van der Waals surface area contributed by atoms with Crippen molar-refractivity contribution < 1.29 is 19.0 Å². The Morgan fingerprint density at radius 2 is 1.94 bits per heavy atom. The first-order valence-electron chi connectivity index (χ1n) is 10.3. The van der Waals surface area contributed by atoms with Gasteiger partial charge in [0.1, 0.15) is 11.5 Å². The molecule has 0 fully saturated rings. The fourth-order valence-electron chi connectivity index (χ4n) is 3.60. The molecule has 31 heavy (non-hydrogen) atoms. The lowest BCUT2D eigenvalue weighted by Gasteiger charge is -2.11. The van der Waals surface area contributed by atoms with Crippen LogP contribution in [0, 0.1) is 13.8 Å². The predicted octanol–water partition coefficient (Wildman–Crippen LogP) is 3.12. The summed E-state index contributed by atoms with van der Waals surface area (Å²) in [4.78, 5) is 16.9. The summed E-state index contributed by atoms with van der Waals surface area (Å²) in [5.41, 5.74) is 5.32. The first kappa shape index (κ1) is 22.6. The highest BCUT2D eigenvalue weighted by Crippen LogP contribution is 2.33. The number of nitrogens with one attached hydrogen (secondary N) is 1. The molecular weight excluding hydrogens is 396 g/mol. The molecule has 0 radical (unpaired) electrons. The average molecular weight is 427 g/mol. The zero-order chi connectivity index (χ0) is 22.4. The van der Waals surface area contributed by atoms with Crippen LogP contribution in [-0.4, -0.2) is 55.0 Å². The van der Waals surface area contributed by atoms with E-state index in [0.717, 1.165) is 46.0 Å². The first-order chi connectivity index (χ1) is 15.0. The molecule has 0 saturated carbocycles. The number of amides is 1. The second-order valence-electron chi connectivity index (χ2n) is 7.32. The summed E-state index contributed by atoms with van der Waals surface area (Å²) in [5, 5.41) is 7.69. The van der Waals surface area contributed by atoms with Crippen LogP contribution in [0.3, 0.4) is 0 Å². The standard InChI is InChI=1S/C23H30N4O4/c1-15-18(9-10-23(28)24-11-6-12-29-3)16(2)27-22(25-15)14-20(26-27)19-8-7-17(30-4)13-21(19)31-5/h7-8,13-14H,6,9-12H2,1-5H3,(H,24,28). The van der Waals surface area contributed by atoms with E-state index in [1.807, 2.05) is 42.6 Å². The summed E-state index contributed by atoms with van der Waals surface area (Å²) in [6.07, 6.45) is 1.82. The van der Waals surface area contributed by atoms with Gasteiger partial charge in [0.15, 0.2) is 5.65 Å². The fraction of sp³-hybridized carbons (Fsp3) is 0.435. The van der Waals surface area contributed by atoms with E-state index in [1.165, 1.54) is 0 Å². The van der Waals surface area contributed by atoms with Crippen molar-refractivity contribution in [3.05, 3.63) is 41.2 Å². The molecule has 0 atom stereocenters. The third-order valence-electron chi connectivity index (χ3n) is 5.30. The molecule has 8 heteroatoms. The molecular formula is C23H30N4O4. The molecule has 0 aliphatic carbocycles. The molecule has 1 aromatic carbocycles. The maximum absolute atomic E-state index is 12.2. The number of methoxy groups -OCH3 is 3. The van der Waals surface area contributed by atoms with Gasteiger partial charge in [-0.3, -0.25) is 4.79 Å². The van der Waals surface area contributed by atoms with Crippen LogP contribution in [0.15, 0.2) is 24.3 Å². The molecule has 0 unspecified atom stereocenters. The first-order valence-corrected chi connectivity index (χ1v) is 10.3. The average Bonchev–Trinajstić information content (AvgIpc) is 3.20. The van der Waals surface area contributed by atoms with Crippen LogP contribution >= 0.6 is 0 Å². The van der Waals surface area contributed by atoms with Gasteiger partial charge in [0.05, 0.1) is 19.9 Å². The van der Waals surface area contributed by atoms with Crippen molar-refractivity contribution in [2.45, 2.75) is 33.1 Å². The molecule has 0 spiro atoms. The van der Waals surface area contributed by atoms with Gasteiger partial charge in [0.25, 0.3) is 0 Å². The fourth-order valence-corrected chi connectivity index (χ4v) is 3.60. The zero-order valence-corrected chi connectivity index (χ0v) is 18.8. The van der Waals surface area contributed by atoms with Crippen LogP contribution in [-0.2, 0) is 16.0 Å². The maximum atomic E-state index is 12.2. The monoisotopic (exact) mass is 426 g/mol. The van der Waals surface area contributed by atoms with Crippen molar-refractivity contribution in [1.29, 1.82) is 0 Å². The third kappa shape index (κ3) is 5.14. The van der Waals surface area contributed by atoms with E-state index in [4.69, 9.17) is 24.3 Å². The summed E-state index contributed by atoms with van der Waals surface area (Å²) in [6, 6.07) is 7.58. The number of hydrogen-bond acceptors (Lipinski definition) is 6. The summed E-state index contributed by atoms with van der Waals surface area (Å²) in [6.45, 7) is 5.24. The lowest BCUT2D eigenvalue weighted by atomic mass is 10.1. The SMILES string of the molecule is COCCCNC(=O)CCc1c(C)nc2cc(-c3ccc(OC)cc3OC)nn2c1C. The minimum atomic E-state index is 0.0270. The third-order valence-corrected chi connectivity index (χ3v) is 5.30. The number of benzene rings is 1. The minimum Gasteiger partial charge on any atom is -0.497 e. The largest absolute Gasteiger partial charge is 0.497 e. The van der Waals surface area contributed by atoms with Gasteiger partial charge in [0, 0.05) is 55.8 Å². The maximum Gasteiger partial charge on any atom is 0.220 e. The summed E-state index contributed by atoms with van der Waals surface area (Å²) in [5.74, 6) is 1.43. The molecule has 2 aromatic heterocycles. The van der Waals surface area contributed by atoms with Gasteiger partial charge >= 0.3 is 0 Å². The second kappa shape index (κ2) is 10.3.